The molecule has 0 aromatic carbocycles. The highest BCUT2D eigenvalue weighted by atomic mass is 31.2. The van der Waals surface area contributed by atoms with Gasteiger partial charge in [-0.2, -0.15) is 0 Å². The number of amides is 1. The molecule has 9 heteroatoms. The summed E-state index contributed by atoms with van der Waals surface area (Å²) in [5, 5.41) is 14.1. The number of allylic oxidation sites excluding steroid dienone is 10. The van der Waals surface area contributed by atoms with Crippen LogP contribution < -0.4 is 5.32 Å². The van der Waals surface area contributed by atoms with E-state index in [0.717, 1.165) is 70.6 Å². The predicted octanol–water partition coefficient (Wildman–Crippen LogP) is 20.8. The van der Waals surface area contributed by atoms with Gasteiger partial charge in [0.15, 0.2) is 0 Å². The van der Waals surface area contributed by atoms with Crippen LogP contribution in [-0.2, 0) is 18.4 Å². The van der Waals surface area contributed by atoms with Gasteiger partial charge in [0.05, 0.1) is 39.9 Å². The monoisotopic (exact) mass is 1100 g/mol. The van der Waals surface area contributed by atoms with Gasteiger partial charge < -0.3 is 19.8 Å². The molecule has 77 heavy (non-hydrogen) atoms. The molecule has 0 saturated heterocycles. The summed E-state index contributed by atoms with van der Waals surface area (Å²) in [5.74, 6) is -0.140. The number of likely N-dealkylation sites (N-methyl/N-ethyl adjacent to an activating group) is 1. The molecule has 0 aromatic heterocycles. The molecule has 0 aromatic rings. The van der Waals surface area contributed by atoms with Crippen molar-refractivity contribution in [1.82, 2.24) is 5.32 Å². The fourth-order valence-corrected chi connectivity index (χ4v) is 10.6. The summed E-state index contributed by atoms with van der Waals surface area (Å²) in [6, 6.07) is -0.763. The topological polar surface area (TPSA) is 105 Å². The SMILES string of the molecule is CC/C=C\C/C=C\C/C=C\C/C=C\C/C=C\CCCCCCCCCCCCCCCCCCCC(=O)NC(COP(=O)(O)OCC[N+](C)(C)C)C(O)CCCCCCCCCCCCCCCCCCCCCCCC. The minimum absolute atomic E-state index is 0.0750. The van der Waals surface area contributed by atoms with Crippen molar-refractivity contribution in [2.24, 2.45) is 0 Å². The summed E-state index contributed by atoms with van der Waals surface area (Å²) in [4.78, 5) is 23.4. The second-order valence-electron chi connectivity index (χ2n) is 23.8. The summed E-state index contributed by atoms with van der Waals surface area (Å²) in [6.07, 6.45) is 80.2. The largest absolute Gasteiger partial charge is 0.472 e. The zero-order chi connectivity index (χ0) is 56.3. The number of nitrogens with one attached hydrogen (secondary N) is 1. The predicted molar refractivity (Wildman–Crippen MR) is 337 cm³/mol. The molecule has 8 nitrogen and oxygen atoms in total. The Balaban J connectivity index is 4.03. The molecule has 0 bridgehead atoms. The van der Waals surface area contributed by atoms with Gasteiger partial charge in [-0.25, -0.2) is 4.57 Å². The molecule has 3 atom stereocenters. The van der Waals surface area contributed by atoms with Crippen molar-refractivity contribution in [2.75, 3.05) is 40.9 Å². The Hall–Kier alpha value is -1.80. The molecule has 0 radical (unpaired) electrons. The Morgan fingerprint density at radius 1 is 0.455 bits per heavy atom. The fraction of sp³-hybridized carbons (Fsp3) is 0.838. The molecule has 0 heterocycles. The van der Waals surface area contributed by atoms with Gasteiger partial charge in [0, 0.05) is 6.42 Å². The first-order valence-electron chi connectivity index (χ1n) is 33.2. The van der Waals surface area contributed by atoms with E-state index >= 15 is 0 Å². The van der Waals surface area contributed by atoms with Crippen LogP contribution in [-0.4, -0.2) is 73.4 Å². The normalized spacial score (nSPS) is 14.1. The molecule has 0 saturated carbocycles. The highest BCUT2D eigenvalue weighted by Crippen LogP contribution is 2.43. The van der Waals surface area contributed by atoms with Gasteiger partial charge in [-0.05, 0) is 57.8 Å². The van der Waals surface area contributed by atoms with Gasteiger partial charge in [-0.15, -0.1) is 0 Å². The van der Waals surface area contributed by atoms with Gasteiger partial charge >= 0.3 is 7.82 Å². The van der Waals surface area contributed by atoms with Crippen molar-refractivity contribution in [1.29, 1.82) is 0 Å². The maximum absolute atomic E-state index is 13.1. The van der Waals surface area contributed by atoms with Gasteiger partial charge in [0.2, 0.25) is 5.91 Å². The number of rotatable bonds is 61. The van der Waals surface area contributed by atoms with E-state index < -0.39 is 20.0 Å². The lowest BCUT2D eigenvalue weighted by Crippen LogP contribution is -2.46. The molecule has 0 spiro atoms. The van der Waals surface area contributed by atoms with E-state index in [2.05, 4.69) is 79.9 Å². The molecule has 1 amide bonds. The third-order valence-electron chi connectivity index (χ3n) is 15.0. The average Bonchev–Trinajstić information content (AvgIpc) is 3.39. The van der Waals surface area contributed by atoms with Crippen LogP contribution in [0.4, 0.5) is 0 Å². The first-order chi connectivity index (χ1) is 37.5. The summed E-state index contributed by atoms with van der Waals surface area (Å²) < 4.78 is 23.9. The minimum atomic E-state index is -4.33. The molecular weight excluding hydrogens is 972 g/mol. The average molecular weight is 1100 g/mol. The third-order valence-corrected chi connectivity index (χ3v) is 16.0. The fourth-order valence-electron chi connectivity index (χ4n) is 9.90. The van der Waals surface area contributed by atoms with Crippen LogP contribution in [0.1, 0.15) is 316 Å². The molecule has 0 fully saturated rings. The number of aliphatic hydroxyl groups is 1. The summed E-state index contributed by atoms with van der Waals surface area (Å²) in [5.41, 5.74) is 0. The zero-order valence-corrected chi connectivity index (χ0v) is 52.6. The van der Waals surface area contributed by atoms with Crippen molar-refractivity contribution in [3.05, 3.63) is 60.8 Å². The molecule has 3 unspecified atom stereocenters. The maximum Gasteiger partial charge on any atom is 0.472 e. The maximum atomic E-state index is 13.1. The quantitative estimate of drug-likeness (QED) is 0.0243. The lowest BCUT2D eigenvalue weighted by atomic mass is 10.0. The molecule has 0 aliphatic heterocycles. The Bertz CT molecular complexity index is 1440. The van der Waals surface area contributed by atoms with E-state index in [-0.39, 0.29) is 19.1 Å². The van der Waals surface area contributed by atoms with Crippen molar-refractivity contribution in [3.8, 4) is 0 Å². The van der Waals surface area contributed by atoms with E-state index in [4.69, 9.17) is 9.05 Å². The Kier molecular flexibility index (Phi) is 57.5. The van der Waals surface area contributed by atoms with Crippen LogP contribution in [0.25, 0.3) is 0 Å². The standard InChI is InChI=1S/C68H129N2O6P/c1-6-8-10-12-14-16-18-20-22-24-26-28-30-31-32-33-34-35-36-37-38-39-40-42-44-46-48-50-52-54-56-58-60-62-68(72)69-66(65-76-77(73,74)75-64-63-70(3,4)5)67(71)61-59-57-55-53-51-49-47-45-43-41-29-27-25-23-21-19-17-15-13-11-9-7-2/h8,10,14,16,20,22,26,28,31-32,66-67,71H,6-7,9,11-13,15,17-19,21,23-25,27,29-30,33-65H2,1-5H3,(H-,69,72,73,74)/p+1/b10-8-,16-14-,22-20-,28-26-,32-31-. The molecule has 0 rings (SSSR count). The summed E-state index contributed by atoms with van der Waals surface area (Å²) in [6.45, 7) is 4.82. The number of carbonyl (C=O) groups excluding carboxylic acids is 1. The number of unbranched alkanes of at least 4 members (excludes halogenated alkanes) is 38. The zero-order valence-electron chi connectivity index (χ0n) is 51.7. The van der Waals surface area contributed by atoms with Crippen molar-refractivity contribution < 1.29 is 32.9 Å². The first kappa shape index (κ1) is 75.2. The number of phosphoric ester groups is 1. The number of carbonyl (C=O) groups is 1. The number of phosphoric acid groups is 1. The lowest BCUT2D eigenvalue weighted by Gasteiger charge is -2.26. The number of quaternary nitrogens is 1. The number of hydrogen-bond acceptors (Lipinski definition) is 5. The lowest BCUT2D eigenvalue weighted by molar-refractivity contribution is -0.870. The molecular formula is C68H130N2O6P+. The van der Waals surface area contributed by atoms with Crippen LogP contribution in [0.2, 0.25) is 0 Å². The third kappa shape index (κ3) is 61.7. The Labute approximate surface area is 479 Å². The first-order valence-corrected chi connectivity index (χ1v) is 34.6. The smallest absolute Gasteiger partial charge is 0.391 e. The van der Waals surface area contributed by atoms with Gasteiger partial charge in [-0.3, -0.25) is 13.8 Å². The van der Waals surface area contributed by atoms with E-state index in [0.29, 0.717) is 23.9 Å². The van der Waals surface area contributed by atoms with E-state index in [9.17, 15) is 19.4 Å². The minimum Gasteiger partial charge on any atom is -0.391 e. The number of aliphatic hydroxyl groups excluding tert-OH is 1. The van der Waals surface area contributed by atoms with Crippen LogP contribution >= 0.6 is 7.82 Å². The van der Waals surface area contributed by atoms with Crippen LogP contribution in [0, 0.1) is 0 Å². The van der Waals surface area contributed by atoms with Gasteiger partial charge in [0.1, 0.15) is 13.2 Å². The highest BCUT2D eigenvalue weighted by molar-refractivity contribution is 7.47. The number of hydrogen-bond donors (Lipinski definition) is 3. The summed E-state index contributed by atoms with van der Waals surface area (Å²) in [7, 11) is 1.63. The van der Waals surface area contributed by atoms with E-state index in [1.54, 1.807) is 0 Å². The van der Waals surface area contributed by atoms with E-state index in [1.165, 1.54) is 218 Å². The van der Waals surface area contributed by atoms with Gasteiger partial charge in [0.25, 0.3) is 0 Å². The second kappa shape index (κ2) is 58.8. The highest BCUT2D eigenvalue weighted by Gasteiger charge is 2.28. The van der Waals surface area contributed by atoms with Crippen LogP contribution in [0.15, 0.2) is 60.8 Å². The van der Waals surface area contributed by atoms with Crippen LogP contribution in [0.3, 0.4) is 0 Å². The Morgan fingerprint density at radius 3 is 1.14 bits per heavy atom. The number of nitrogens with zero attached hydrogens (tertiary/aromatic N) is 1. The van der Waals surface area contributed by atoms with Crippen molar-refractivity contribution >= 4 is 13.7 Å². The van der Waals surface area contributed by atoms with Gasteiger partial charge in [-0.1, -0.05) is 312 Å². The molecule has 0 aliphatic carbocycles. The Morgan fingerprint density at radius 2 is 0.779 bits per heavy atom. The second-order valence-corrected chi connectivity index (χ2v) is 25.3. The van der Waals surface area contributed by atoms with Crippen molar-refractivity contribution in [3.63, 3.8) is 0 Å². The van der Waals surface area contributed by atoms with E-state index in [1.807, 2.05) is 21.1 Å². The van der Waals surface area contributed by atoms with Crippen LogP contribution in [0.5, 0.6) is 0 Å². The molecule has 0 aliphatic rings. The molecule has 452 valence electrons. The summed E-state index contributed by atoms with van der Waals surface area (Å²) >= 11 is 0. The molecule has 3 N–H and O–H groups in total. The van der Waals surface area contributed by atoms with Crippen molar-refractivity contribution in [2.45, 2.75) is 328 Å².